The molecule has 1 heterocycles. The van der Waals surface area contributed by atoms with E-state index in [0.29, 0.717) is 11.1 Å². The summed E-state index contributed by atoms with van der Waals surface area (Å²) in [6.45, 7) is 0.0928. The maximum absolute atomic E-state index is 13.2. The molecule has 0 amide bonds. The smallest absolute Gasteiger partial charge is 0.313 e. The molecule has 0 atom stereocenters. The van der Waals surface area contributed by atoms with Crippen LogP contribution in [0, 0.1) is 15.9 Å². The predicted molar refractivity (Wildman–Crippen MR) is 109 cm³/mol. The van der Waals surface area contributed by atoms with E-state index in [1.807, 2.05) is 0 Å². The molecule has 2 aromatic carbocycles. The zero-order valence-corrected chi connectivity index (χ0v) is 16.2. The molecule has 10 heteroatoms. The van der Waals surface area contributed by atoms with Crippen LogP contribution in [0.4, 0.5) is 15.9 Å². The van der Waals surface area contributed by atoms with Gasteiger partial charge >= 0.3 is 5.69 Å². The third-order valence-electron chi connectivity index (χ3n) is 3.66. The lowest BCUT2D eigenvalue weighted by Gasteiger charge is -2.11. The number of anilines is 1. The summed E-state index contributed by atoms with van der Waals surface area (Å²) in [7, 11) is 0. The minimum atomic E-state index is -0.566. The molecule has 0 aliphatic heterocycles. The first-order valence-corrected chi connectivity index (χ1v) is 8.94. The number of hydrogen-bond donors (Lipinski definition) is 1. The number of pyridine rings is 1. The highest BCUT2D eigenvalue weighted by Gasteiger charge is 2.13. The summed E-state index contributed by atoms with van der Waals surface area (Å²) in [4.78, 5) is 14.3. The molecule has 0 aliphatic carbocycles. The molecule has 7 nitrogen and oxygen atoms in total. The molecule has 0 saturated heterocycles. The van der Waals surface area contributed by atoms with Crippen LogP contribution in [0.5, 0.6) is 5.75 Å². The quantitative estimate of drug-likeness (QED) is 0.302. The van der Waals surface area contributed by atoms with Gasteiger partial charge in [0.05, 0.1) is 21.2 Å². The first-order chi connectivity index (χ1) is 13.9. The van der Waals surface area contributed by atoms with Crippen molar-refractivity contribution in [3.8, 4) is 5.75 Å². The summed E-state index contributed by atoms with van der Waals surface area (Å²) in [6, 6.07) is 11.9. The largest absolute Gasteiger partial charge is 0.486 e. The van der Waals surface area contributed by atoms with E-state index in [9.17, 15) is 14.5 Å². The van der Waals surface area contributed by atoms with E-state index in [2.05, 4.69) is 15.5 Å². The minimum absolute atomic E-state index is 0.000917. The maximum atomic E-state index is 13.2. The summed E-state index contributed by atoms with van der Waals surface area (Å²) in [5.41, 5.74) is 3.47. The van der Waals surface area contributed by atoms with Crippen LogP contribution in [0.2, 0.25) is 10.0 Å². The Kier molecular flexibility index (Phi) is 6.58. The number of nitro groups is 1. The molecule has 148 valence electrons. The maximum Gasteiger partial charge on any atom is 0.313 e. The number of aromatic nitrogens is 1. The van der Waals surface area contributed by atoms with Gasteiger partial charge in [-0.05, 0) is 41.5 Å². The first kappa shape index (κ1) is 20.5. The summed E-state index contributed by atoms with van der Waals surface area (Å²) in [6.07, 6.45) is 2.79. The molecule has 3 aromatic rings. The zero-order chi connectivity index (χ0) is 20.8. The van der Waals surface area contributed by atoms with Gasteiger partial charge in [0.1, 0.15) is 12.4 Å². The van der Waals surface area contributed by atoms with Crippen molar-refractivity contribution in [1.29, 1.82) is 0 Å². The molecule has 1 aromatic heterocycles. The van der Waals surface area contributed by atoms with E-state index in [4.69, 9.17) is 27.9 Å². The minimum Gasteiger partial charge on any atom is -0.486 e. The number of benzene rings is 2. The number of nitrogens with zero attached hydrogens (tertiary/aromatic N) is 3. The second-order valence-corrected chi connectivity index (χ2v) is 6.54. The Balaban J connectivity index is 1.70. The summed E-state index contributed by atoms with van der Waals surface area (Å²) >= 11 is 12.5. The van der Waals surface area contributed by atoms with Crippen molar-refractivity contribution in [1.82, 2.24) is 4.98 Å². The monoisotopic (exact) mass is 434 g/mol. The van der Waals surface area contributed by atoms with Gasteiger partial charge in [0.25, 0.3) is 0 Å². The van der Waals surface area contributed by atoms with Crippen LogP contribution < -0.4 is 10.2 Å². The van der Waals surface area contributed by atoms with Gasteiger partial charge in [-0.25, -0.2) is 9.37 Å². The molecule has 0 fully saturated rings. The van der Waals surface area contributed by atoms with Crippen LogP contribution in [-0.2, 0) is 6.61 Å². The number of ether oxygens (including phenoxy) is 1. The van der Waals surface area contributed by atoms with Crippen LogP contribution in [0.1, 0.15) is 11.1 Å². The SMILES string of the molecule is O=[N+]([O-])c1cccnc1N/N=C\c1cc(Cl)c(OCc2cccc(F)c2)c(Cl)c1. The fourth-order valence-electron chi connectivity index (χ4n) is 2.37. The Labute approximate surface area is 174 Å². The summed E-state index contributed by atoms with van der Waals surface area (Å²) < 4.78 is 18.8. The highest BCUT2D eigenvalue weighted by Crippen LogP contribution is 2.34. The normalized spacial score (nSPS) is 10.9. The molecule has 0 bridgehead atoms. The average molecular weight is 435 g/mol. The molecule has 3 rings (SSSR count). The van der Waals surface area contributed by atoms with Gasteiger partial charge in [-0.2, -0.15) is 5.10 Å². The Morgan fingerprint density at radius 2 is 1.97 bits per heavy atom. The summed E-state index contributed by atoms with van der Waals surface area (Å²) in [5, 5.41) is 15.4. The first-order valence-electron chi connectivity index (χ1n) is 8.19. The Morgan fingerprint density at radius 1 is 1.21 bits per heavy atom. The van der Waals surface area contributed by atoms with Crippen LogP contribution in [0.15, 0.2) is 59.8 Å². The second kappa shape index (κ2) is 9.31. The van der Waals surface area contributed by atoms with Gasteiger partial charge in [-0.3, -0.25) is 15.5 Å². The van der Waals surface area contributed by atoms with Gasteiger partial charge < -0.3 is 4.74 Å². The molecule has 29 heavy (non-hydrogen) atoms. The Hall–Kier alpha value is -3.23. The highest BCUT2D eigenvalue weighted by atomic mass is 35.5. The third kappa shape index (κ3) is 5.40. The topological polar surface area (TPSA) is 89.7 Å². The van der Waals surface area contributed by atoms with Crippen molar-refractivity contribution in [3.63, 3.8) is 0 Å². The zero-order valence-electron chi connectivity index (χ0n) is 14.7. The molecular weight excluding hydrogens is 422 g/mol. The molecule has 0 radical (unpaired) electrons. The Morgan fingerprint density at radius 3 is 2.66 bits per heavy atom. The predicted octanol–water partition coefficient (Wildman–Crippen LogP) is 5.46. The third-order valence-corrected chi connectivity index (χ3v) is 4.22. The lowest BCUT2D eigenvalue weighted by Crippen LogP contribution is -2.00. The van der Waals surface area contributed by atoms with E-state index >= 15 is 0 Å². The second-order valence-electron chi connectivity index (χ2n) is 5.73. The molecular formula is C19H13Cl2FN4O3. The Bertz CT molecular complexity index is 1060. The number of hydrazone groups is 1. The summed E-state index contributed by atoms with van der Waals surface area (Å²) in [5.74, 6) is -0.112. The fourth-order valence-corrected chi connectivity index (χ4v) is 2.99. The lowest BCUT2D eigenvalue weighted by molar-refractivity contribution is -0.384. The molecule has 0 aliphatic rings. The van der Waals surface area contributed by atoms with E-state index < -0.39 is 4.92 Å². The van der Waals surface area contributed by atoms with Gasteiger partial charge in [-0.15, -0.1) is 0 Å². The molecule has 0 spiro atoms. The van der Waals surface area contributed by atoms with E-state index in [0.717, 1.165) is 0 Å². The van der Waals surface area contributed by atoms with Crippen molar-refractivity contribution >= 4 is 40.9 Å². The number of nitrogens with one attached hydrogen (secondary N) is 1. The van der Waals surface area contributed by atoms with Crippen molar-refractivity contribution in [3.05, 3.63) is 91.8 Å². The number of halogens is 3. The van der Waals surface area contributed by atoms with Gasteiger partial charge in [-0.1, -0.05) is 35.3 Å². The van der Waals surface area contributed by atoms with Crippen molar-refractivity contribution in [2.24, 2.45) is 5.10 Å². The lowest BCUT2D eigenvalue weighted by atomic mass is 10.2. The highest BCUT2D eigenvalue weighted by molar-refractivity contribution is 6.37. The standard InChI is InChI=1S/C19H13Cl2FN4O3/c20-15-8-13(10-24-25-19-17(26(27)28)5-2-6-23-19)9-16(21)18(15)29-11-12-3-1-4-14(22)7-12/h1-10H,11H2,(H,23,25)/b24-10-. The van der Waals surface area contributed by atoms with Gasteiger partial charge in [0.15, 0.2) is 5.75 Å². The van der Waals surface area contributed by atoms with Crippen molar-refractivity contribution < 1.29 is 14.1 Å². The van der Waals surface area contributed by atoms with Crippen LogP contribution in [0.25, 0.3) is 0 Å². The number of rotatable bonds is 7. The van der Waals surface area contributed by atoms with Crippen molar-refractivity contribution in [2.75, 3.05) is 5.43 Å². The van der Waals surface area contributed by atoms with Gasteiger partial charge in [0.2, 0.25) is 5.82 Å². The molecule has 0 saturated carbocycles. The molecule has 1 N–H and O–H groups in total. The number of hydrogen-bond acceptors (Lipinski definition) is 6. The van der Waals surface area contributed by atoms with Crippen LogP contribution >= 0.6 is 23.2 Å². The fraction of sp³-hybridized carbons (Fsp3) is 0.0526. The van der Waals surface area contributed by atoms with Gasteiger partial charge in [0, 0.05) is 12.3 Å². The van der Waals surface area contributed by atoms with E-state index in [-0.39, 0.29) is 39.7 Å². The van der Waals surface area contributed by atoms with Crippen molar-refractivity contribution in [2.45, 2.75) is 6.61 Å². The molecule has 0 unspecified atom stereocenters. The van der Waals surface area contributed by atoms with E-state index in [1.54, 1.807) is 24.3 Å². The van der Waals surface area contributed by atoms with Crippen LogP contribution in [0.3, 0.4) is 0 Å². The van der Waals surface area contributed by atoms with E-state index in [1.165, 1.54) is 36.7 Å². The van der Waals surface area contributed by atoms with Crippen LogP contribution in [-0.4, -0.2) is 16.1 Å². The average Bonchev–Trinajstić information content (AvgIpc) is 2.67.